The molecule has 2 heterocycles. The summed E-state index contributed by atoms with van der Waals surface area (Å²) in [5.74, 6) is 1.50. The maximum atomic E-state index is 13.5. The lowest BCUT2D eigenvalue weighted by Crippen LogP contribution is -2.33. The van der Waals surface area contributed by atoms with Crippen LogP contribution in [0.1, 0.15) is 65.1 Å². The van der Waals surface area contributed by atoms with Crippen molar-refractivity contribution < 1.29 is 9.18 Å². The van der Waals surface area contributed by atoms with E-state index in [-0.39, 0.29) is 23.5 Å². The fourth-order valence-electron chi connectivity index (χ4n) is 4.01. The van der Waals surface area contributed by atoms with Crippen LogP contribution in [-0.2, 0) is 11.3 Å². The SMILES string of the molecule is CC(C)CCCC(C)NC(=O)CSc1nnc(CN2CCCCC2)n1-c1ccc(F)cc1. The Balaban J connectivity index is 1.64. The van der Waals surface area contributed by atoms with Gasteiger partial charge in [0, 0.05) is 11.7 Å². The average Bonchev–Trinajstić information content (AvgIpc) is 3.15. The van der Waals surface area contributed by atoms with Gasteiger partial charge in [-0.05, 0) is 69.5 Å². The van der Waals surface area contributed by atoms with E-state index in [1.807, 2.05) is 4.57 Å². The monoisotopic (exact) mass is 461 g/mol. The van der Waals surface area contributed by atoms with Gasteiger partial charge in [-0.3, -0.25) is 14.3 Å². The maximum absolute atomic E-state index is 13.5. The van der Waals surface area contributed by atoms with E-state index in [2.05, 4.69) is 41.2 Å². The average molecular weight is 462 g/mol. The summed E-state index contributed by atoms with van der Waals surface area (Å²) in [4.78, 5) is 14.9. The zero-order valence-electron chi connectivity index (χ0n) is 19.5. The van der Waals surface area contributed by atoms with E-state index in [0.717, 1.165) is 37.4 Å². The largest absolute Gasteiger partial charge is 0.353 e. The van der Waals surface area contributed by atoms with Crippen molar-refractivity contribution >= 4 is 17.7 Å². The quantitative estimate of drug-likeness (QED) is 0.486. The lowest BCUT2D eigenvalue weighted by Gasteiger charge is -2.26. The van der Waals surface area contributed by atoms with Crippen molar-refractivity contribution in [3.63, 3.8) is 0 Å². The summed E-state index contributed by atoms with van der Waals surface area (Å²) in [5, 5.41) is 12.6. The van der Waals surface area contributed by atoms with Crippen LogP contribution in [0, 0.1) is 11.7 Å². The molecule has 3 rings (SSSR count). The standard InChI is InChI=1S/C24H36FN5OS/c1-18(2)8-7-9-19(3)26-23(31)17-32-24-28-27-22(16-29-14-5-4-6-15-29)30(24)21-12-10-20(25)11-13-21/h10-13,18-19H,4-9,14-17H2,1-3H3,(H,26,31). The molecule has 2 aromatic rings. The van der Waals surface area contributed by atoms with Gasteiger partial charge in [0.05, 0.1) is 12.3 Å². The number of halogens is 1. The molecular formula is C24H36FN5OS. The van der Waals surface area contributed by atoms with Crippen LogP contribution < -0.4 is 5.32 Å². The Hall–Kier alpha value is -1.93. The Labute approximate surface area is 195 Å². The molecule has 8 heteroatoms. The molecule has 1 saturated heterocycles. The number of piperidine rings is 1. The van der Waals surface area contributed by atoms with Crippen molar-refractivity contribution in [2.45, 2.75) is 77.0 Å². The molecule has 1 aliphatic rings. The van der Waals surface area contributed by atoms with E-state index < -0.39 is 0 Å². The van der Waals surface area contributed by atoms with E-state index in [0.29, 0.717) is 17.6 Å². The van der Waals surface area contributed by atoms with Crippen molar-refractivity contribution in [3.8, 4) is 5.69 Å². The van der Waals surface area contributed by atoms with Gasteiger partial charge < -0.3 is 5.32 Å². The van der Waals surface area contributed by atoms with Crippen LogP contribution in [-0.4, -0.2) is 50.5 Å². The highest BCUT2D eigenvalue weighted by Gasteiger charge is 2.20. The third-order valence-corrected chi connectivity index (χ3v) is 6.69. The van der Waals surface area contributed by atoms with Crippen molar-refractivity contribution in [2.24, 2.45) is 5.92 Å². The Morgan fingerprint density at radius 1 is 1.09 bits per heavy atom. The zero-order chi connectivity index (χ0) is 22.9. The van der Waals surface area contributed by atoms with Crippen molar-refractivity contribution in [2.75, 3.05) is 18.8 Å². The summed E-state index contributed by atoms with van der Waals surface area (Å²) in [6.45, 7) is 9.30. The molecule has 32 heavy (non-hydrogen) atoms. The first kappa shape index (κ1) is 24.7. The van der Waals surface area contributed by atoms with Crippen LogP contribution in [0.4, 0.5) is 4.39 Å². The highest BCUT2D eigenvalue weighted by molar-refractivity contribution is 7.99. The van der Waals surface area contributed by atoms with Gasteiger partial charge in [-0.15, -0.1) is 10.2 Å². The molecule has 0 bridgehead atoms. The molecular weight excluding hydrogens is 425 g/mol. The molecule has 1 unspecified atom stereocenters. The molecule has 1 fully saturated rings. The fraction of sp³-hybridized carbons (Fsp3) is 0.625. The summed E-state index contributed by atoms with van der Waals surface area (Å²) in [6.07, 6.45) is 6.94. The van der Waals surface area contributed by atoms with Crippen LogP contribution in [0.3, 0.4) is 0 Å². The lowest BCUT2D eigenvalue weighted by atomic mass is 10.0. The Kier molecular flexibility index (Phi) is 9.53. The van der Waals surface area contributed by atoms with Gasteiger partial charge in [0.25, 0.3) is 0 Å². The van der Waals surface area contributed by atoms with Gasteiger partial charge in [0.2, 0.25) is 5.91 Å². The highest BCUT2D eigenvalue weighted by Crippen LogP contribution is 2.24. The first-order chi connectivity index (χ1) is 15.4. The highest BCUT2D eigenvalue weighted by atomic mass is 32.2. The van der Waals surface area contributed by atoms with E-state index in [1.54, 1.807) is 12.1 Å². The number of nitrogens with zero attached hydrogens (tertiary/aromatic N) is 4. The summed E-state index contributed by atoms with van der Waals surface area (Å²) >= 11 is 1.37. The van der Waals surface area contributed by atoms with Gasteiger partial charge in [0.1, 0.15) is 5.82 Å². The second kappa shape index (κ2) is 12.3. The number of aromatic nitrogens is 3. The number of benzene rings is 1. The number of carbonyl (C=O) groups excluding carboxylic acids is 1. The first-order valence-electron chi connectivity index (χ1n) is 11.8. The number of likely N-dealkylation sites (tertiary alicyclic amines) is 1. The summed E-state index contributed by atoms with van der Waals surface area (Å²) in [6, 6.07) is 6.52. The van der Waals surface area contributed by atoms with E-state index >= 15 is 0 Å². The molecule has 1 N–H and O–H groups in total. The van der Waals surface area contributed by atoms with Crippen LogP contribution in [0.2, 0.25) is 0 Å². The van der Waals surface area contributed by atoms with Crippen LogP contribution >= 0.6 is 11.8 Å². The number of hydrogen-bond acceptors (Lipinski definition) is 5. The molecule has 0 radical (unpaired) electrons. The van der Waals surface area contributed by atoms with E-state index in [9.17, 15) is 9.18 Å². The number of nitrogens with one attached hydrogen (secondary N) is 1. The molecule has 1 aliphatic heterocycles. The Morgan fingerprint density at radius 2 is 1.81 bits per heavy atom. The second-order valence-electron chi connectivity index (χ2n) is 9.13. The van der Waals surface area contributed by atoms with E-state index in [4.69, 9.17) is 0 Å². The van der Waals surface area contributed by atoms with Crippen molar-refractivity contribution in [1.82, 2.24) is 25.0 Å². The number of rotatable bonds is 11. The number of thioether (sulfide) groups is 1. The molecule has 1 atom stereocenters. The molecule has 6 nitrogen and oxygen atoms in total. The van der Waals surface area contributed by atoms with Crippen LogP contribution in [0.5, 0.6) is 0 Å². The van der Waals surface area contributed by atoms with Gasteiger partial charge in [-0.1, -0.05) is 44.9 Å². The summed E-state index contributed by atoms with van der Waals surface area (Å²) in [7, 11) is 0. The van der Waals surface area contributed by atoms with Crippen molar-refractivity contribution in [3.05, 3.63) is 35.9 Å². The third-order valence-electron chi connectivity index (χ3n) is 5.76. The minimum atomic E-state index is -0.278. The molecule has 1 aromatic heterocycles. The lowest BCUT2D eigenvalue weighted by molar-refractivity contribution is -0.119. The summed E-state index contributed by atoms with van der Waals surface area (Å²) < 4.78 is 15.5. The van der Waals surface area contributed by atoms with Gasteiger partial charge >= 0.3 is 0 Å². The number of amides is 1. The predicted octanol–water partition coefficient (Wildman–Crippen LogP) is 4.82. The van der Waals surface area contributed by atoms with Gasteiger partial charge in [-0.2, -0.15) is 0 Å². The predicted molar refractivity (Wildman–Crippen MR) is 127 cm³/mol. The topological polar surface area (TPSA) is 63.1 Å². The van der Waals surface area contributed by atoms with Gasteiger partial charge in [-0.25, -0.2) is 4.39 Å². The van der Waals surface area contributed by atoms with Crippen LogP contribution in [0.15, 0.2) is 29.4 Å². The number of carbonyl (C=O) groups is 1. The minimum absolute atomic E-state index is 0.00159. The molecule has 0 spiro atoms. The minimum Gasteiger partial charge on any atom is -0.353 e. The second-order valence-corrected chi connectivity index (χ2v) is 10.1. The molecule has 1 aromatic carbocycles. The van der Waals surface area contributed by atoms with Crippen LogP contribution in [0.25, 0.3) is 5.69 Å². The fourth-order valence-corrected chi connectivity index (χ4v) is 4.80. The molecule has 176 valence electrons. The third kappa shape index (κ3) is 7.59. The smallest absolute Gasteiger partial charge is 0.230 e. The normalized spacial score (nSPS) is 15.8. The molecule has 0 saturated carbocycles. The first-order valence-corrected chi connectivity index (χ1v) is 12.8. The van der Waals surface area contributed by atoms with E-state index in [1.165, 1.54) is 49.6 Å². The zero-order valence-corrected chi connectivity index (χ0v) is 20.3. The number of hydrogen-bond donors (Lipinski definition) is 1. The summed E-state index contributed by atoms with van der Waals surface area (Å²) in [5.41, 5.74) is 0.813. The molecule has 0 aliphatic carbocycles. The van der Waals surface area contributed by atoms with Gasteiger partial charge in [0.15, 0.2) is 11.0 Å². The maximum Gasteiger partial charge on any atom is 0.230 e. The Morgan fingerprint density at radius 3 is 2.50 bits per heavy atom. The Bertz CT molecular complexity index is 849. The van der Waals surface area contributed by atoms with Crippen molar-refractivity contribution in [1.29, 1.82) is 0 Å². The molecule has 1 amide bonds.